The van der Waals surface area contributed by atoms with E-state index in [4.69, 9.17) is 15.5 Å². The molecule has 2 N–H and O–H groups in total. The fourth-order valence-corrected chi connectivity index (χ4v) is 5.70. The lowest BCUT2D eigenvalue weighted by molar-refractivity contribution is 0.0520. The molecule has 5 aromatic rings. The van der Waals surface area contributed by atoms with Gasteiger partial charge in [-0.3, -0.25) is 9.69 Å². The van der Waals surface area contributed by atoms with E-state index in [-0.39, 0.29) is 5.60 Å². The molecule has 7 heteroatoms. The Balaban J connectivity index is 1.25. The third-order valence-electron chi connectivity index (χ3n) is 7.47. The van der Waals surface area contributed by atoms with Crippen molar-refractivity contribution in [2.45, 2.75) is 38.7 Å². The van der Waals surface area contributed by atoms with Crippen molar-refractivity contribution >= 4 is 22.3 Å². The normalized spacial score (nSPS) is 14.6. The molecule has 7 nitrogen and oxygen atoms in total. The predicted molar refractivity (Wildman–Crippen MR) is 155 cm³/mol. The monoisotopic (exact) mass is 519 g/mol. The van der Waals surface area contributed by atoms with Crippen molar-refractivity contribution in [3.63, 3.8) is 0 Å². The molecular formula is C32H33N5O2. The number of nitrogens with zero attached hydrogens (tertiary/aromatic N) is 4. The molecule has 39 heavy (non-hydrogen) atoms. The summed E-state index contributed by atoms with van der Waals surface area (Å²) in [5.41, 5.74) is 10.5. The molecule has 1 aliphatic rings. The second-order valence-electron chi connectivity index (χ2n) is 11.0. The number of likely N-dealkylation sites (tertiary alicyclic amines) is 1. The van der Waals surface area contributed by atoms with Gasteiger partial charge in [-0.25, -0.2) is 9.50 Å². The molecule has 0 spiro atoms. The molecule has 1 fully saturated rings. The van der Waals surface area contributed by atoms with E-state index in [1.54, 1.807) is 10.6 Å². The first-order valence-electron chi connectivity index (χ1n) is 13.6. The Hall–Kier alpha value is -4.23. The summed E-state index contributed by atoms with van der Waals surface area (Å²) in [5, 5.41) is 6.36. The molecule has 0 radical (unpaired) electrons. The third kappa shape index (κ3) is 5.10. The Bertz CT molecular complexity index is 1650. The SMILES string of the molecule is CC(C)(CN1CCCCC1)Oc1ccc(-c2cnc3c(-c4cccc5c(C(N)=O)cccc45)cnn3c2)cc1. The number of hydrogen-bond acceptors (Lipinski definition) is 5. The van der Waals surface area contributed by atoms with Crippen LogP contribution in [0.5, 0.6) is 5.75 Å². The minimum absolute atomic E-state index is 0.259. The van der Waals surface area contributed by atoms with E-state index in [0.29, 0.717) is 5.56 Å². The van der Waals surface area contributed by atoms with Gasteiger partial charge in [-0.2, -0.15) is 5.10 Å². The number of primary amides is 1. The molecule has 2 aromatic heterocycles. The number of ether oxygens (including phenoxy) is 1. The van der Waals surface area contributed by atoms with Crippen LogP contribution in [0.2, 0.25) is 0 Å². The molecule has 198 valence electrons. The average molecular weight is 520 g/mol. The molecule has 1 aliphatic heterocycles. The van der Waals surface area contributed by atoms with Crippen molar-refractivity contribution in [2.75, 3.05) is 19.6 Å². The van der Waals surface area contributed by atoms with E-state index < -0.39 is 5.91 Å². The maximum Gasteiger partial charge on any atom is 0.249 e. The lowest BCUT2D eigenvalue weighted by Crippen LogP contribution is -2.44. The van der Waals surface area contributed by atoms with Crippen LogP contribution in [0.25, 0.3) is 38.7 Å². The molecule has 0 atom stereocenters. The third-order valence-corrected chi connectivity index (χ3v) is 7.47. The van der Waals surface area contributed by atoms with Crippen LogP contribution in [0, 0.1) is 0 Å². The molecule has 1 saturated heterocycles. The number of piperidine rings is 1. The summed E-state index contributed by atoms with van der Waals surface area (Å²) in [6.07, 6.45) is 9.57. The van der Waals surface area contributed by atoms with Crippen LogP contribution in [-0.4, -0.2) is 50.6 Å². The largest absolute Gasteiger partial charge is 0.487 e. The lowest BCUT2D eigenvalue weighted by atomic mass is 9.96. The van der Waals surface area contributed by atoms with E-state index in [2.05, 4.69) is 36.0 Å². The van der Waals surface area contributed by atoms with Crippen LogP contribution in [-0.2, 0) is 0 Å². The molecule has 6 rings (SSSR count). The molecule has 0 bridgehead atoms. The minimum Gasteiger partial charge on any atom is -0.487 e. The zero-order valence-electron chi connectivity index (χ0n) is 22.4. The highest BCUT2D eigenvalue weighted by Crippen LogP contribution is 2.33. The number of rotatable bonds is 7. The van der Waals surface area contributed by atoms with Gasteiger partial charge in [0.1, 0.15) is 11.4 Å². The van der Waals surface area contributed by atoms with Gasteiger partial charge >= 0.3 is 0 Å². The molecule has 3 aromatic carbocycles. The van der Waals surface area contributed by atoms with Crippen molar-refractivity contribution in [1.82, 2.24) is 19.5 Å². The van der Waals surface area contributed by atoms with Gasteiger partial charge in [0.15, 0.2) is 5.65 Å². The standard InChI is InChI=1S/C32H33N5O2/c1-32(2,21-36-16-4-3-5-17-36)39-24-14-12-22(13-15-24)23-18-34-31-29(19-35-37(31)20-23)27-10-6-9-26-25(27)8-7-11-28(26)30(33)38/h6-15,18-20H,3-5,16-17,21H2,1-2H3,(H2,33,38). The zero-order valence-corrected chi connectivity index (χ0v) is 22.4. The van der Waals surface area contributed by atoms with Crippen molar-refractivity contribution in [3.8, 4) is 28.0 Å². The lowest BCUT2D eigenvalue weighted by Gasteiger charge is -2.35. The summed E-state index contributed by atoms with van der Waals surface area (Å²) in [7, 11) is 0. The Morgan fingerprint density at radius 3 is 2.41 bits per heavy atom. The van der Waals surface area contributed by atoms with Gasteiger partial charge in [0, 0.05) is 35.6 Å². The Morgan fingerprint density at radius 2 is 1.64 bits per heavy atom. The van der Waals surface area contributed by atoms with E-state index >= 15 is 0 Å². The quantitative estimate of drug-likeness (QED) is 0.287. The van der Waals surface area contributed by atoms with E-state index in [1.807, 2.05) is 61.1 Å². The topological polar surface area (TPSA) is 85.7 Å². The van der Waals surface area contributed by atoms with E-state index in [0.717, 1.165) is 64.1 Å². The number of nitrogens with two attached hydrogens (primary N) is 1. The Kier molecular flexibility index (Phi) is 6.53. The van der Waals surface area contributed by atoms with Crippen LogP contribution >= 0.6 is 0 Å². The second-order valence-corrected chi connectivity index (χ2v) is 11.0. The van der Waals surface area contributed by atoms with E-state index in [9.17, 15) is 4.79 Å². The Labute approximate surface area is 228 Å². The van der Waals surface area contributed by atoms with Crippen molar-refractivity contribution in [3.05, 3.63) is 84.8 Å². The highest BCUT2D eigenvalue weighted by atomic mass is 16.5. The predicted octanol–water partition coefficient (Wildman–Crippen LogP) is 5.96. The fraction of sp³-hybridized carbons (Fsp3) is 0.281. The van der Waals surface area contributed by atoms with Gasteiger partial charge in [-0.15, -0.1) is 0 Å². The molecular weight excluding hydrogens is 486 g/mol. The molecule has 1 amide bonds. The number of carbonyl (C=O) groups excluding carboxylic acids is 1. The summed E-state index contributed by atoms with van der Waals surface area (Å²) < 4.78 is 8.17. The summed E-state index contributed by atoms with van der Waals surface area (Å²) in [6.45, 7) is 7.56. The van der Waals surface area contributed by atoms with Crippen molar-refractivity contribution in [1.29, 1.82) is 0 Å². The van der Waals surface area contributed by atoms with Crippen molar-refractivity contribution < 1.29 is 9.53 Å². The van der Waals surface area contributed by atoms with Crippen molar-refractivity contribution in [2.24, 2.45) is 5.73 Å². The van der Waals surface area contributed by atoms with Crippen LogP contribution in [0.4, 0.5) is 0 Å². The van der Waals surface area contributed by atoms with Gasteiger partial charge in [0.2, 0.25) is 5.91 Å². The molecule has 0 aliphatic carbocycles. The van der Waals surface area contributed by atoms with Crippen LogP contribution in [0.3, 0.4) is 0 Å². The number of benzene rings is 3. The smallest absolute Gasteiger partial charge is 0.249 e. The van der Waals surface area contributed by atoms with Gasteiger partial charge in [0.25, 0.3) is 0 Å². The summed E-state index contributed by atoms with van der Waals surface area (Å²) in [5.74, 6) is 0.421. The van der Waals surface area contributed by atoms with E-state index in [1.165, 1.54) is 19.3 Å². The van der Waals surface area contributed by atoms with Crippen LogP contribution < -0.4 is 10.5 Å². The van der Waals surface area contributed by atoms with Gasteiger partial charge in [-0.05, 0) is 79.9 Å². The maximum atomic E-state index is 12.0. The first-order chi connectivity index (χ1) is 18.9. The first kappa shape index (κ1) is 25.1. The number of fused-ring (bicyclic) bond motifs is 2. The highest BCUT2D eigenvalue weighted by molar-refractivity contribution is 6.10. The second kappa shape index (κ2) is 10.2. The van der Waals surface area contributed by atoms with Gasteiger partial charge in [-0.1, -0.05) is 48.9 Å². The fourth-order valence-electron chi connectivity index (χ4n) is 5.70. The van der Waals surface area contributed by atoms with Gasteiger partial charge in [0.05, 0.1) is 6.20 Å². The number of carbonyl (C=O) groups is 1. The van der Waals surface area contributed by atoms with Crippen LogP contribution in [0.15, 0.2) is 79.3 Å². The first-order valence-corrected chi connectivity index (χ1v) is 13.6. The maximum absolute atomic E-state index is 12.0. The number of aromatic nitrogens is 3. The zero-order chi connectivity index (χ0) is 27.0. The number of amides is 1. The Morgan fingerprint density at radius 1 is 0.897 bits per heavy atom. The highest BCUT2D eigenvalue weighted by Gasteiger charge is 2.25. The minimum atomic E-state index is -0.442. The van der Waals surface area contributed by atoms with Crippen LogP contribution in [0.1, 0.15) is 43.5 Å². The molecule has 0 saturated carbocycles. The number of hydrogen-bond donors (Lipinski definition) is 1. The summed E-state index contributed by atoms with van der Waals surface area (Å²) in [4.78, 5) is 19.2. The average Bonchev–Trinajstić information content (AvgIpc) is 3.36. The summed E-state index contributed by atoms with van der Waals surface area (Å²) >= 11 is 0. The summed E-state index contributed by atoms with van der Waals surface area (Å²) in [6, 6.07) is 19.6. The molecule has 3 heterocycles. The molecule has 0 unspecified atom stereocenters. The van der Waals surface area contributed by atoms with Gasteiger partial charge < -0.3 is 10.5 Å².